The van der Waals surface area contributed by atoms with Crippen molar-refractivity contribution in [1.29, 1.82) is 0 Å². The molecule has 6 heteroatoms. The summed E-state index contributed by atoms with van der Waals surface area (Å²) >= 11 is 0. The molecule has 0 heterocycles. The number of hydrogen-bond acceptors (Lipinski definition) is 5. The van der Waals surface area contributed by atoms with Gasteiger partial charge in [0.1, 0.15) is 6.61 Å². The van der Waals surface area contributed by atoms with Crippen LogP contribution in [0.3, 0.4) is 0 Å². The molecule has 2 N–H and O–H groups in total. The summed E-state index contributed by atoms with van der Waals surface area (Å²) in [4.78, 5) is 26.1. The summed E-state index contributed by atoms with van der Waals surface area (Å²) in [5.41, 5.74) is 0.258. The molecule has 1 rings (SSSR count). The first-order valence-corrected chi connectivity index (χ1v) is 5.43. The van der Waals surface area contributed by atoms with Crippen molar-refractivity contribution in [1.82, 2.24) is 5.32 Å². The minimum atomic E-state index is -0.917. The first-order valence-electron chi connectivity index (χ1n) is 5.43. The van der Waals surface area contributed by atoms with Gasteiger partial charge in [-0.05, 0) is 12.3 Å². The van der Waals surface area contributed by atoms with Gasteiger partial charge in [0, 0.05) is 7.05 Å². The molecule has 0 aliphatic heterocycles. The van der Waals surface area contributed by atoms with Crippen LogP contribution >= 0.6 is 0 Å². The molecular formula is C13H14N2O4. The number of carbonyl (C=O) groups excluding carboxylic acids is 2. The molecule has 0 aromatic heterocycles. The number of rotatable bonds is 5. The van der Waals surface area contributed by atoms with E-state index >= 15 is 0 Å². The summed E-state index contributed by atoms with van der Waals surface area (Å²) in [5.74, 6) is -2.57. The molecule has 19 heavy (non-hydrogen) atoms. The fourth-order valence-corrected chi connectivity index (χ4v) is 1.25. The van der Waals surface area contributed by atoms with Gasteiger partial charge in [-0.1, -0.05) is 30.3 Å². The van der Waals surface area contributed by atoms with Crippen LogP contribution in [-0.2, 0) is 20.9 Å². The smallest absolute Gasteiger partial charge is 0.361 e. The monoisotopic (exact) mass is 262 g/mol. The van der Waals surface area contributed by atoms with Crippen molar-refractivity contribution in [3.8, 4) is 0 Å². The highest BCUT2D eigenvalue weighted by atomic mass is 16.5. The Kier molecular flexibility index (Phi) is 5.28. The second-order valence-corrected chi connectivity index (χ2v) is 3.50. The van der Waals surface area contributed by atoms with Gasteiger partial charge in [-0.2, -0.15) is 0 Å². The van der Waals surface area contributed by atoms with Gasteiger partial charge < -0.3 is 15.2 Å². The first-order chi connectivity index (χ1) is 9.10. The Morgan fingerprint density at radius 3 is 2.53 bits per heavy atom. The van der Waals surface area contributed by atoms with Crippen molar-refractivity contribution in [2.45, 2.75) is 6.61 Å². The summed E-state index contributed by atoms with van der Waals surface area (Å²) in [5, 5.41) is 11.6. The van der Waals surface area contributed by atoms with Gasteiger partial charge in [-0.3, -0.25) is 9.79 Å². The molecule has 0 aliphatic carbocycles. The van der Waals surface area contributed by atoms with Crippen LogP contribution in [0, 0.1) is 0 Å². The summed E-state index contributed by atoms with van der Waals surface area (Å²) in [6.07, 6.45) is 0. The normalized spacial score (nSPS) is 11.2. The van der Waals surface area contributed by atoms with Gasteiger partial charge in [0.25, 0.3) is 5.91 Å². The van der Waals surface area contributed by atoms with Gasteiger partial charge in [0.05, 0.1) is 0 Å². The number of aliphatic hydroxyl groups is 1. The van der Waals surface area contributed by atoms with E-state index in [0.717, 1.165) is 5.56 Å². The Bertz CT molecular complexity index is 509. The molecule has 1 aromatic rings. The molecule has 1 aromatic carbocycles. The number of esters is 1. The number of benzene rings is 1. The Balaban J connectivity index is 2.76. The Morgan fingerprint density at radius 2 is 2.00 bits per heavy atom. The maximum atomic E-state index is 11.7. The highest BCUT2D eigenvalue weighted by Crippen LogP contribution is 2.08. The highest BCUT2D eigenvalue weighted by Gasteiger charge is 2.20. The quantitative estimate of drug-likeness (QED) is 0.358. The average Bonchev–Trinajstić information content (AvgIpc) is 2.45. The minimum absolute atomic E-state index is 0.0136. The van der Waals surface area contributed by atoms with Crippen molar-refractivity contribution in [3.63, 3.8) is 0 Å². The zero-order valence-corrected chi connectivity index (χ0v) is 10.4. The number of aliphatic imine (C=N–C) groups is 1. The predicted octanol–water partition coefficient (Wildman–Crippen LogP) is 0.946. The number of aliphatic hydroxyl groups excluding tert-OH is 1. The fraction of sp³-hybridized carbons (Fsp3) is 0.154. The second-order valence-electron chi connectivity index (χ2n) is 3.50. The minimum Gasteiger partial charge on any atom is -0.501 e. The van der Waals surface area contributed by atoms with Crippen LogP contribution in [0.5, 0.6) is 0 Å². The van der Waals surface area contributed by atoms with Crippen LogP contribution in [0.4, 0.5) is 0 Å². The number of nitrogens with one attached hydrogen (secondary N) is 1. The Hall–Kier alpha value is -2.63. The Morgan fingerprint density at radius 1 is 1.37 bits per heavy atom. The highest BCUT2D eigenvalue weighted by molar-refractivity contribution is 6.01. The predicted molar refractivity (Wildman–Crippen MR) is 69.5 cm³/mol. The zero-order valence-electron chi connectivity index (χ0n) is 10.4. The molecule has 0 atom stereocenters. The fourth-order valence-electron chi connectivity index (χ4n) is 1.25. The van der Waals surface area contributed by atoms with Crippen molar-refractivity contribution >= 4 is 18.6 Å². The maximum absolute atomic E-state index is 11.7. The molecule has 1 amide bonds. The molecule has 0 spiro atoms. The van der Waals surface area contributed by atoms with Crippen LogP contribution in [-0.4, -0.2) is 30.7 Å². The van der Waals surface area contributed by atoms with E-state index in [1.54, 1.807) is 24.3 Å². The van der Waals surface area contributed by atoms with Crippen LogP contribution in [0.25, 0.3) is 0 Å². The van der Waals surface area contributed by atoms with E-state index < -0.39 is 23.3 Å². The Labute approximate surface area is 110 Å². The topological polar surface area (TPSA) is 88.0 Å². The van der Waals surface area contributed by atoms with E-state index in [9.17, 15) is 14.7 Å². The third-order valence-electron chi connectivity index (χ3n) is 2.23. The van der Waals surface area contributed by atoms with Gasteiger partial charge in [-0.25, -0.2) is 4.79 Å². The van der Waals surface area contributed by atoms with Crippen molar-refractivity contribution in [2.24, 2.45) is 4.99 Å². The van der Waals surface area contributed by atoms with E-state index in [1.807, 2.05) is 6.07 Å². The standard InChI is InChI=1S/C13H14N2O4/c1-14-10(11(16)12(17)15-2)13(18)19-8-9-6-4-3-5-7-9/h3-7,16H,1,8H2,2H3,(H,15,17)/b11-10+. The van der Waals surface area contributed by atoms with Crippen LogP contribution in [0.2, 0.25) is 0 Å². The van der Waals surface area contributed by atoms with Gasteiger partial charge in [0.2, 0.25) is 5.76 Å². The zero-order chi connectivity index (χ0) is 14.3. The van der Waals surface area contributed by atoms with Crippen molar-refractivity contribution in [2.75, 3.05) is 7.05 Å². The lowest BCUT2D eigenvalue weighted by Crippen LogP contribution is -2.23. The lowest BCUT2D eigenvalue weighted by molar-refractivity contribution is -0.141. The number of carbonyl (C=O) groups is 2. The number of ether oxygens (including phenoxy) is 1. The molecule has 0 fully saturated rings. The SMILES string of the molecule is C=N/C(C(=O)OCc1ccccc1)=C(/O)C(=O)NC. The molecule has 100 valence electrons. The molecule has 0 saturated carbocycles. The summed E-state index contributed by atoms with van der Waals surface area (Å²) in [7, 11) is 1.31. The van der Waals surface area contributed by atoms with Crippen molar-refractivity contribution < 1.29 is 19.4 Å². The number of hydrogen-bond donors (Lipinski definition) is 2. The lowest BCUT2D eigenvalue weighted by atomic mass is 10.2. The largest absolute Gasteiger partial charge is 0.501 e. The van der Waals surface area contributed by atoms with E-state index in [-0.39, 0.29) is 6.61 Å². The molecule has 0 unspecified atom stereocenters. The van der Waals surface area contributed by atoms with Crippen LogP contribution < -0.4 is 5.32 Å². The van der Waals surface area contributed by atoms with Crippen molar-refractivity contribution in [3.05, 3.63) is 47.4 Å². The van der Waals surface area contributed by atoms with E-state index in [4.69, 9.17) is 4.74 Å². The lowest BCUT2D eigenvalue weighted by Gasteiger charge is -2.06. The maximum Gasteiger partial charge on any atom is 0.361 e. The first kappa shape index (κ1) is 14.4. The molecule has 0 radical (unpaired) electrons. The molecule has 6 nitrogen and oxygen atoms in total. The van der Waals surface area contributed by atoms with Crippen LogP contribution in [0.15, 0.2) is 46.8 Å². The van der Waals surface area contributed by atoms with Gasteiger partial charge >= 0.3 is 5.97 Å². The molecule has 0 bridgehead atoms. The summed E-state index contributed by atoms with van der Waals surface area (Å²) < 4.78 is 4.93. The molecule has 0 saturated heterocycles. The van der Waals surface area contributed by atoms with Gasteiger partial charge in [-0.15, -0.1) is 0 Å². The van der Waals surface area contributed by atoms with E-state index in [1.165, 1.54) is 7.05 Å². The van der Waals surface area contributed by atoms with E-state index in [0.29, 0.717) is 0 Å². The third kappa shape index (κ3) is 3.95. The number of nitrogens with zero attached hydrogens (tertiary/aromatic N) is 1. The van der Waals surface area contributed by atoms with Crippen LogP contribution in [0.1, 0.15) is 5.56 Å². The number of amides is 1. The van der Waals surface area contributed by atoms with Gasteiger partial charge in [0.15, 0.2) is 5.70 Å². The summed E-state index contributed by atoms with van der Waals surface area (Å²) in [6, 6.07) is 8.98. The number of likely N-dealkylation sites (N-methyl/N-ethyl adjacent to an activating group) is 1. The van der Waals surface area contributed by atoms with E-state index in [2.05, 4.69) is 17.0 Å². The summed E-state index contributed by atoms with van der Waals surface area (Å²) in [6.45, 7) is 3.14. The average molecular weight is 262 g/mol. The second kappa shape index (κ2) is 6.95. The third-order valence-corrected chi connectivity index (χ3v) is 2.23. The molecular weight excluding hydrogens is 248 g/mol. The molecule has 0 aliphatic rings.